The molecule has 1 unspecified atom stereocenters. The number of thioether (sulfide) groups is 1. The van der Waals surface area contributed by atoms with Crippen molar-refractivity contribution in [2.75, 3.05) is 38.9 Å². The normalized spacial score (nSPS) is 12.2. The fraction of sp³-hybridized carbons (Fsp3) is 0.462. The first-order chi connectivity index (χ1) is 9.13. The molecule has 0 aliphatic carbocycles. The van der Waals surface area contributed by atoms with E-state index in [0.717, 1.165) is 16.1 Å². The highest BCUT2D eigenvalue weighted by Gasteiger charge is 2.12. The smallest absolute Gasteiger partial charge is 0.126 e. The Balaban J connectivity index is 2.85. The van der Waals surface area contributed by atoms with Crippen molar-refractivity contribution in [1.82, 2.24) is 0 Å². The van der Waals surface area contributed by atoms with Crippen LogP contribution in [-0.2, 0) is 9.47 Å². The van der Waals surface area contributed by atoms with Crippen LogP contribution in [-0.4, -0.2) is 45.6 Å². The summed E-state index contributed by atoms with van der Waals surface area (Å²) in [6.45, 7) is 1.11. The van der Waals surface area contributed by atoms with Gasteiger partial charge in [-0.05, 0) is 18.4 Å². The number of benzene rings is 1. The van der Waals surface area contributed by atoms with E-state index in [-0.39, 0.29) is 11.9 Å². The number of anilines is 1. The molecule has 0 amide bonds. The van der Waals surface area contributed by atoms with Crippen LogP contribution in [0, 0.1) is 5.41 Å². The Morgan fingerprint density at radius 1 is 1.47 bits per heavy atom. The number of hydrogen-bond donors (Lipinski definition) is 3. The highest BCUT2D eigenvalue weighted by Crippen LogP contribution is 2.26. The lowest BCUT2D eigenvalue weighted by Gasteiger charge is -2.18. The molecule has 0 radical (unpaired) electrons. The van der Waals surface area contributed by atoms with E-state index in [1.165, 1.54) is 0 Å². The summed E-state index contributed by atoms with van der Waals surface area (Å²) in [6, 6.07) is 5.81. The van der Waals surface area contributed by atoms with Gasteiger partial charge < -0.3 is 20.5 Å². The van der Waals surface area contributed by atoms with Gasteiger partial charge in [0.15, 0.2) is 0 Å². The molecule has 1 aromatic rings. The average Bonchev–Trinajstić information content (AvgIpc) is 2.42. The summed E-state index contributed by atoms with van der Waals surface area (Å²) in [5.41, 5.74) is 7.25. The van der Waals surface area contributed by atoms with Gasteiger partial charge in [0, 0.05) is 31.3 Å². The van der Waals surface area contributed by atoms with Crippen molar-refractivity contribution in [3.8, 4) is 0 Å². The number of rotatable bonds is 8. The van der Waals surface area contributed by atoms with Crippen molar-refractivity contribution in [3.63, 3.8) is 0 Å². The van der Waals surface area contributed by atoms with Gasteiger partial charge in [-0.25, -0.2) is 0 Å². The fourth-order valence-electron chi connectivity index (χ4n) is 1.75. The minimum atomic E-state index is -0.0391. The highest BCUT2D eigenvalue weighted by molar-refractivity contribution is 7.98. The molecule has 6 heteroatoms. The number of nitrogens with two attached hydrogens (primary N) is 1. The van der Waals surface area contributed by atoms with Crippen LogP contribution in [0.15, 0.2) is 23.1 Å². The van der Waals surface area contributed by atoms with Gasteiger partial charge in [-0.15, -0.1) is 11.8 Å². The van der Waals surface area contributed by atoms with Crippen molar-refractivity contribution in [3.05, 3.63) is 23.8 Å². The first-order valence-corrected chi connectivity index (χ1v) is 7.13. The summed E-state index contributed by atoms with van der Waals surface area (Å²) in [5, 5.41) is 11.0. The maximum Gasteiger partial charge on any atom is 0.126 e. The molecule has 0 saturated heterocycles. The van der Waals surface area contributed by atoms with E-state index < -0.39 is 0 Å². The molecule has 0 fully saturated rings. The van der Waals surface area contributed by atoms with Gasteiger partial charge in [0.2, 0.25) is 0 Å². The molecule has 0 saturated carbocycles. The fourth-order valence-corrected chi connectivity index (χ4v) is 2.39. The number of amidine groups is 1. The zero-order valence-electron chi connectivity index (χ0n) is 11.5. The van der Waals surface area contributed by atoms with E-state index in [1.54, 1.807) is 26.0 Å². The lowest BCUT2D eigenvalue weighted by molar-refractivity contribution is 0.0365. The summed E-state index contributed by atoms with van der Waals surface area (Å²) in [6.07, 6.45) is 1.93. The third-order valence-corrected chi connectivity index (χ3v) is 3.50. The van der Waals surface area contributed by atoms with Gasteiger partial charge in [0.25, 0.3) is 0 Å². The van der Waals surface area contributed by atoms with Crippen molar-refractivity contribution < 1.29 is 9.47 Å². The third-order valence-electron chi connectivity index (χ3n) is 2.72. The molecule has 106 valence electrons. The van der Waals surface area contributed by atoms with E-state index in [4.69, 9.17) is 20.6 Å². The topological polar surface area (TPSA) is 80.4 Å². The van der Waals surface area contributed by atoms with Gasteiger partial charge in [-0.3, -0.25) is 5.41 Å². The first kappa shape index (κ1) is 15.8. The molecule has 0 bridgehead atoms. The summed E-state index contributed by atoms with van der Waals surface area (Å²) in [4.78, 5) is 0.984. The Morgan fingerprint density at radius 2 is 2.21 bits per heavy atom. The minimum Gasteiger partial charge on any atom is -0.384 e. The molecule has 19 heavy (non-hydrogen) atoms. The largest absolute Gasteiger partial charge is 0.384 e. The summed E-state index contributed by atoms with van der Waals surface area (Å²) < 4.78 is 10.4. The average molecular weight is 283 g/mol. The number of nitrogen functional groups attached to an aromatic ring is 1. The molecular weight excluding hydrogens is 262 g/mol. The Labute approximate surface area is 118 Å². The van der Waals surface area contributed by atoms with Crippen LogP contribution in [0.4, 0.5) is 5.69 Å². The quantitative estimate of drug-likeness (QED) is 0.385. The lowest BCUT2D eigenvalue weighted by Crippen LogP contribution is -2.27. The molecule has 0 aliphatic heterocycles. The summed E-state index contributed by atoms with van der Waals surface area (Å²) in [7, 11) is 3.29. The second kappa shape index (κ2) is 8.04. The van der Waals surface area contributed by atoms with Gasteiger partial charge in [0.1, 0.15) is 5.84 Å². The number of hydrogen-bond acceptors (Lipinski definition) is 5. The van der Waals surface area contributed by atoms with Crippen molar-refractivity contribution in [2.45, 2.75) is 11.0 Å². The van der Waals surface area contributed by atoms with E-state index in [9.17, 15) is 0 Å². The van der Waals surface area contributed by atoms with Crippen LogP contribution in [0.2, 0.25) is 0 Å². The SMILES string of the molecule is COCC(CNc1cccc(SC)c1C(=N)N)OC. The molecule has 5 nitrogen and oxygen atoms in total. The van der Waals surface area contributed by atoms with Gasteiger partial charge in [0.05, 0.1) is 18.3 Å². The lowest BCUT2D eigenvalue weighted by atomic mass is 10.1. The van der Waals surface area contributed by atoms with Crippen LogP contribution in [0.3, 0.4) is 0 Å². The highest BCUT2D eigenvalue weighted by atomic mass is 32.2. The second-order valence-corrected chi connectivity index (χ2v) is 4.84. The van der Waals surface area contributed by atoms with E-state index >= 15 is 0 Å². The standard InChI is InChI=1S/C13H21N3O2S/c1-17-8-9(18-2)7-16-10-5-4-6-11(19-3)12(10)13(14)15/h4-6,9,16H,7-8H2,1-3H3,(H3,14,15). The number of nitrogens with one attached hydrogen (secondary N) is 2. The van der Waals surface area contributed by atoms with Crippen LogP contribution in [0.25, 0.3) is 0 Å². The van der Waals surface area contributed by atoms with E-state index in [2.05, 4.69) is 5.32 Å². The predicted octanol–water partition coefficient (Wildman–Crippen LogP) is 1.77. The van der Waals surface area contributed by atoms with Crippen molar-refractivity contribution >= 4 is 23.3 Å². The number of ether oxygens (including phenoxy) is 2. The molecule has 1 atom stereocenters. The van der Waals surface area contributed by atoms with Gasteiger partial charge in [-0.2, -0.15) is 0 Å². The third kappa shape index (κ3) is 4.41. The Kier molecular flexibility index (Phi) is 6.69. The van der Waals surface area contributed by atoms with Gasteiger partial charge in [-0.1, -0.05) is 6.07 Å². The second-order valence-electron chi connectivity index (χ2n) is 3.99. The maximum absolute atomic E-state index is 7.70. The molecule has 0 heterocycles. The predicted molar refractivity (Wildman–Crippen MR) is 80.4 cm³/mol. The monoisotopic (exact) mass is 283 g/mol. The zero-order valence-corrected chi connectivity index (χ0v) is 12.3. The maximum atomic E-state index is 7.70. The first-order valence-electron chi connectivity index (χ1n) is 5.91. The molecular formula is C13H21N3O2S. The van der Waals surface area contributed by atoms with Crippen LogP contribution < -0.4 is 11.1 Å². The summed E-state index contributed by atoms with van der Waals surface area (Å²) in [5.74, 6) is 0.0631. The molecule has 0 aromatic heterocycles. The van der Waals surface area contributed by atoms with Crippen LogP contribution >= 0.6 is 11.8 Å². The van der Waals surface area contributed by atoms with Crippen molar-refractivity contribution in [1.29, 1.82) is 5.41 Å². The molecule has 1 aromatic carbocycles. The Bertz CT molecular complexity index is 426. The Hall–Kier alpha value is -1.24. The minimum absolute atomic E-state index is 0.0391. The van der Waals surface area contributed by atoms with E-state index in [0.29, 0.717) is 13.2 Å². The van der Waals surface area contributed by atoms with Gasteiger partial charge >= 0.3 is 0 Å². The number of methoxy groups -OCH3 is 2. The molecule has 1 rings (SSSR count). The molecule has 0 aliphatic rings. The Morgan fingerprint density at radius 3 is 2.74 bits per heavy atom. The van der Waals surface area contributed by atoms with Crippen LogP contribution in [0.1, 0.15) is 5.56 Å². The zero-order chi connectivity index (χ0) is 14.3. The van der Waals surface area contributed by atoms with E-state index in [1.807, 2.05) is 24.5 Å². The van der Waals surface area contributed by atoms with Crippen LogP contribution in [0.5, 0.6) is 0 Å². The molecule has 0 spiro atoms. The summed E-state index contributed by atoms with van der Waals surface area (Å²) >= 11 is 1.57. The van der Waals surface area contributed by atoms with Crippen molar-refractivity contribution in [2.24, 2.45) is 5.73 Å². The molecule has 4 N–H and O–H groups in total.